The van der Waals surface area contributed by atoms with Gasteiger partial charge in [-0.15, -0.1) is 0 Å². The Morgan fingerprint density at radius 1 is 0.884 bits per heavy atom. The quantitative estimate of drug-likeness (QED) is 0.0826. The minimum atomic E-state index is -1.19. The molecule has 2 fully saturated rings. The van der Waals surface area contributed by atoms with Gasteiger partial charge in [0.25, 0.3) is 11.6 Å². The van der Waals surface area contributed by atoms with Gasteiger partial charge >= 0.3 is 5.97 Å². The van der Waals surface area contributed by atoms with Crippen LogP contribution in [0.5, 0.6) is 11.5 Å². The zero-order valence-electron chi connectivity index (χ0n) is 22.5. The Morgan fingerprint density at radius 2 is 1.63 bits per heavy atom. The molecule has 2 aliphatic rings. The lowest BCUT2D eigenvalue weighted by atomic mass is 9.90. The molecule has 2 saturated heterocycles. The molecular formula is C31H22BrN3O8. The number of hydrogen-bond donors (Lipinski definition) is 0. The zero-order valence-corrected chi connectivity index (χ0v) is 24.0. The topological polar surface area (TPSA) is 129 Å². The molecule has 0 bridgehead atoms. The van der Waals surface area contributed by atoms with E-state index < -0.39 is 40.8 Å². The lowest BCUT2D eigenvalue weighted by Gasteiger charge is -2.29. The number of amides is 2. The number of carbonyl (C=O) groups excluding carboxylic acids is 3. The van der Waals surface area contributed by atoms with Crippen molar-refractivity contribution in [2.75, 3.05) is 17.1 Å². The van der Waals surface area contributed by atoms with Gasteiger partial charge in [0.05, 0.1) is 35.0 Å². The summed E-state index contributed by atoms with van der Waals surface area (Å²) in [5, 5.41) is 12.9. The van der Waals surface area contributed by atoms with Crippen molar-refractivity contribution in [3.63, 3.8) is 0 Å². The van der Waals surface area contributed by atoms with Gasteiger partial charge in [-0.3, -0.25) is 24.5 Å². The number of anilines is 2. The molecule has 12 heteroatoms. The first kappa shape index (κ1) is 28.1. The summed E-state index contributed by atoms with van der Waals surface area (Å²) in [6.45, 7) is 0. The number of fused-ring (bicyclic) bond motifs is 1. The standard InChI is InChI=1S/C31H22BrN3O8/c1-41-25-16-19(10-15-24(25)42-31(38)18-6-3-2-4-7-18)27-26-28(43-34(27)22-8-5-9-23(17-22)35(39)40)30(37)33(29(26)36)21-13-11-20(32)12-14-21/h2-17,26-28H,1H3. The van der Waals surface area contributed by atoms with Gasteiger partial charge in [0.15, 0.2) is 17.6 Å². The van der Waals surface area contributed by atoms with Crippen LogP contribution in [0.25, 0.3) is 0 Å². The van der Waals surface area contributed by atoms with Crippen LogP contribution in [-0.4, -0.2) is 35.9 Å². The lowest BCUT2D eigenvalue weighted by Crippen LogP contribution is -2.37. The zero-order chi connectivity index (χ0) is 30.2. The normalized spacial score (nSPS) is 19.3. The average molecular weight is 644 g/mol. The fourth-order valence-electron chi connectivity index (χ4n) is 5.25. The molecule has 6 rings (SSSR count). The molecule has 0 aromatic heterocycles. The van der Waals surface area contributed by atoms with E-state index in [1.807, 2.05) is 0 Å². The van der Waals surface area contributed by atoms with Crippen molar-refractivity contribution in [3.8, 4) is 11.5 Å². The largest absolute Gasteiger partial charge is 0.493 e. The van der Waals surface area contributed by atoms with Crippen LogP contribution >= 0.6 is 15.9 Å². The molecular weight excluding hydrogens is 622 g/mol. The Hall–Kier alpha value is -5.07. The van der Waals surface area contributed by atoms with Gasteiger partial charge in [-0.1, -0.05) is 46.3 Å². The summed E-state index contributed by atoms with van der Waals surface area (Å²) in [6.07, 6.45) is -1.19. The highest BCUT2D eigenvalue weighted by Gasteiger charge is 2.60. The Morgan fingerprint density at radius 3 is 2.33 bits per heavy atom. The molecule has 216 valence electrons. The molecule has 2 heterocycles. The van der Waals surface area contributed by atoms with E-state index in [9.17, 15) is 24.5 Å². The fraction of sp³-hybridized carbons (Fsp3) is 0.129. The highest BCUT2D eigenvalue weighted by atomic mass is 79.9. The molecule has 0 N–H and O–H groups in total. The van der Waals surface area contributed by atoms with Crippen molar-refractivity contribution < 1.29 is 33.6 Å². The predicted octanol–water partition coefficient (Wildman–Crippen LogP) is 5.64. The summed E-state index contributed by atoms with van der Waals surface area (Å²) < 4.78 is 11.9. The SMILES string of the molecule is COc1cc(C2C3C(=O)N(c4ccc(Br)cc4)C(=O)C3ON2c2cccc([N+](=O)[O-])c2)ccc1OC(=O)c1ccccc1. The summed E-state index contributed by atoms with van der Waals surface area (Å²) in [5.74, 6) is -2.30. The molecule has 4 aromatic rings. The van der Waals surface area contributed by atoms with Crippen molar-refractivity contribution in [3.05, 3.63) is 123 Å². The number of nitro benzene ring substituents is 1. The number of methoxy groups -OCH3 is 1. The van der Waals surface area contributed by atoms with Crippen molar-refractivity contribution >= 4 is 50.8 Å². The number of hydrogen-bond acceptors (Lipinski definition) is 9. The van der Waals surface area contributed by atoms with E-state index >= 15 is 0 Å². The number of esters is 1. The number of nitro groups is 1. The van der Waals surface area contributed by atoms with E-state index in [1.54, 1.807) is 72.8 Å². The van der Waals surface area contributed by atoms with E-state index in [-0.39, 0.29) is 22.9 Å². The number of ether oxygens (including phenoxy) is 2. The van der Waals surface area contributed by atoms with Crippen LogP contribution < -0.4 is 19.4 Å². The third-order valence-electron chi connectivity index (χ3n) is 7.24. The lowest BCUT2D eigenvalue weighted by molar-refractivity contribution is -0.384. The van der Waals surface area contributed by atoms with Gasteiger partial charge in [-0.25, -0.2) is 14.8 Å². The first-order valence-electron chi connectivity index (χ1n) is 13.1. The molecule has 0 spiro atoms. The smallest absolute Gasteiger partial charge is 0.343 e. The molecule has 0 radical (unpaired) electrons. The van der Waals surface area contributed by atoms with Crippen LogP contribution in [0.2, 0.25) is 0 Å². The number of rotatable bonds is 7. The van der Waals surface area contributed by atoms with Gasteiger partial charge in [0, 0.05) is 16.6 Å². The summed E-state index contributed by atoms with van der Waals surface area (Å²) >= 11 is 3.36. The number of non-ortho nitro benzene ring substituents is 1. The second kappa shape index (κ2) is 11.3. The van der Waals surface area contributed by atoms with Crippen LogP contribution in [0.1, 0.15) is 22.0 Å². The molecule has 4 aromatic carbocycles. The van der Waals surface area contributed by atoms with E-state index in [4.69, 9.17) is 14.3 Å². The minimum absolute atomic E-state index is 0.141. The third kappa shape index (κ3) is 5.11. The van der Waals surface area contributed by atoms with Gasteiger partial charge in [0.1, 0.15) is 5.92 Å². The molecule has 3 atom stereocenters. The van der Waals surface area contributed by atoms with Crippen LogP contribution in [0.4, 0.5) is 17.1 Å². The Kier molecular flexibility index (Phi) is 7.38. The second-order valence-corrected chi connectivity index (χ2v) is 10.7. The highest BCUT2D eigenvalue weighted by Crippen LogP contribution is 2.49. The van der Waals surface area contributed by atoms with E-state index in [0.717, 1.165) is 9.37 Å². The highest BCUT2D eigenvalue weighted by molar-refractivity contribution is 9.10. The third-order valence-corrected chi connectivity index (χ3v) is 7.77. The van der Waals surface area contributed by atoms with Crippen LogP contribution in [0.3, 0.4) is 0 Å². The van der Waals surface area contributed by atoms with Crippen LogP contribution in [0.15, 0.2) is 102 Å². The average Bonchev–Trinajstić information content (AvgIpc) is 3.53. The maximum Gasteiger partial charge on any atom is 0.343 e. The van der Waals surface area contributed by atoms with Crippen molar-refractivity contribution in [2.45, 2.75) is 12.1 Å². The van der Waals surface area contributed by atoms with Crippen molar-refractivity contribution in [1.29, 1.82) is 0 Å². The van der Waals surface area contributed by atoms with Crippen molar-refractivity contribution in [2.24, 2.45) is 5.92 Å². The van der Waals surface area contributed by atoms with Crippen LogP contribution in [-0.2, 0) is 14.4 Å². The summed E-state index contributed by atoms with van der Waals surface area (Å²) in [5.41, 5.74) is 1.32. The Labute approximate surface area is 253 Å². The van der Waals surface area contributed by atoms with E-state index in [1.165, 1.54) is 36.4 Å². The number of hydroxylamine groups is 1. The second-order valence-electron chi connectivity index (χ2n) is 9.75. The Bertz CT molecular complexity index is 1750. The van der Waals surface area contributed by atoms with E-state index in [0.29, 0.717) is 16.8 Å². The number of benzene rings is 4. The fourth-order valence-corrected chi connectivity index (χ4v) is 5.52. The minimum Gasteiger partial charge on any atom is -0.493 e. The van der Waals surface area contributed by atoms with Crippen molar-refractivity contribution in [1.82, 2.24) is 0 Å². The molecule has 0 aliphatic carbocycles. The maximum absolute atomic E-state index is 13.9. The number of carbonyl (C=O) groups is 3. The molecule has 43 heavy (non-hydrogen) atoms. The molecule has 2 aliphatic heterocycles. The monoisotopic (exact) mass is 643 g/mol. The molecule has 11 nitrogen and oxygen atoms in total. The number of halogens is 1. The summed E-state index contributed by atoms with van der Waals surface area (Å²) in [4.78, 5) is 58.4. The number of nitrogens with zero attached hydrogens (tertiary/aromatic N) is 3. The summed E-state index contributed by atoms with van der Waals surface area (Å²) in [7, 11) is 1.41. The predicted molar refractivity (Wildman–Crippen MR) is 158 cm³/mol. The molecule has 0 saturated carbocycles. The van der Waals surface area contributed by atoms with Gasteiger partial charge in [0.2, 0.25) is 5.91 Å². The van der Waals surface area contributed by atoms with Gasteiger partial charge in [-0.05, 0) is 60.2 Å². The van der Waals surface area contributed by atoms with E-state index in [2.05, 4.69) is 15.9 Å². The van der Waals surface area contributed by atoms with Gasteiger partial charge < -0.3 is 9.47 Å². The number of imide groups is 1. The first-order chi connectivity index (χ1) is 20.8. The molecule has 2 amide bonds. The van der Waals surface area contributed by atoms with Crippen LogP contribution in [0, 0.1) is 16.0 Å². The summed E-state index contributed by atoms with van der Waals surface area (Å²) in [6, 6.07) is 24.8. The Balaban J connectivity index is 1.40. The maximum atomic E-state index is 13.9. The molecule has 3 unspecified atom stereocenters. The van der Waals surface area contributed by atoms with Gasteiger partial charge in [-0.2, -0.15) is 0 Å². The first-order valence-corrected chi connectivity index (χ1v) is 13.8.